The van der Waals surface area contributed by atoms with Gasteiger partial charge in [0, 0.05) is 29.2 Å². The third-order valence-electron chi connectivity index (χ3n) is 3.05. The zero-order valence-electron chi connectivity index (χ0n) is 11.0. The van der Waals surface area contributed by atoms with Crippen LogP contribution in [0.5, 0.6) is 0 Å². The van der Waals surface area contributed by atoms with Gasteiger partial charge in [0.25, 0.3) is 0 Å². The van der Waals surface area contributed by atoms with Gasteiger partial charge in [0.2, 0.25) is 0 Å². The van der Waals surface area contributed by atoms with E-state index in [4.69, 9.17) is 0 Å². The molecule has 0 N–H and O–H groups in total. The van der Waals surface area contributed by atoms with Gasteiger partial charge in [0.1, 0.15) is 5.37 Å². The normalized spacial score (nSPS) is 21.5. The van der Waals surface area contributed by atoms with Gasteiger partial charge in [-0.1, -0.05) is 0 Å². The molecule has 106 valence electrons. The second kappa shape index (κ2) is 5.95. The summed E-state index contributed by atoms with van der Waals surface area (Å²) in [5.41, 5.74) is 0. The number of hydrogen-bond donors (Lipinski definition) is 0. The number of thiophene rings is 1. The molecule has 2 heterocycles. The second-order valence-corrected chi connectivity index (χ2v) is 9.30. The third kappa shape index (κ3) is 3.81. The molecule has 7 heteroatoms. The minimum Gasteiger partial charge on any atom is -0.292 e. The second-order valence-electron chi connectivity index (χ2n) is 4.66. The van der Waals surface area contributed by atoms with Crippen LogP contribution in [0.1, 0.15) is 14.5 Å². The Morgan fingerprint density at radius 2 is 2.21 bits per heavy atom. The van der Waals surface area contributed by atoms with Crippen LogP contribution in [-0.2, 0) is 9.84 Å². The van der Waals surface area contributed by atoms with Crippen LogP contribution in [0.2, 0.25) is 0 Å². The number of carbonyl (C=O) groups is 1. The van der Waals surface area contributed by atoms with E-state index in [0.717, 1.165) is 10.6 Å². The van der Waals surface area contributed by atoms with E-state index in [1.54, 1.807) is 16.7 Å². The highest BCUT2D eigenvalue weighted by Crippen LogP contribution is 2.22. The van der Waals surface area contributed by atoms with E-state index in [2.05, 4.69) is 0 Å². The predicted molar refractivity (Wildman–Crippen MR) is 80.9 cm³/mol. The highest BCUT2D eigenvalue weighted by atomic mass is 32.2. The largest absolute Gasteiger partial charge is 0.292 e. The van der Waals surface area contributed by atoms with Crippen molar-refractivity contribution in [1.82, 2.24) is 4.90 Å². The number of sulfone groups is 1. The van der Waals surface area contributed by atoms with Crippen LogP contribution in [0.4, 0.5) is 0 Å². The molecule has 0 radical (unpaired) electrons. The molecule has 0 spiro atoms. The average Bonchev–Trinajstić information content (AvgIpc) is 2.75. The van der Waals surface area contributed by atoms with E-state index >= 15 is 0 Å². The maximum Gasteiger partial charge on any atom is 0.186 e. The van der Waals surface area contributed by atoms with Crippen molar-refractivity contribution in [2.75, 3.05) is 30.9 Å². The number of Topliss-reactive ketones (excluding diaryl/α,β-unsaturated/α-hetero) is 1. The van der Waals surface area contributed by atoms with Gasteiger partial charge >= 0.3 is 0 Å². The summed E-state index contributed by atoms with van der Waals surface area (Å²) in [6, 6.07) is 3.73. The van der Waals surface area contributed by atoms with Crippen LogP contribution >= 0.6 is 23.1 Å². The first-order valence-electron chi connectivity index (χ1n) is 5.98. The number of nitrogens with zero attached hydrogens (tertiary/aromatic N) is 1. The Kier molecular flexibility index (Phi) is 4.70. The van der Waals surface area contributed by atoms with Gasteiger partial charge in [-0.3, -0.25) is 9.69 Å². The fraction of sp³-hybridized carbons (Fsp3) is 0.583. The molecule has 0 aliphatic carbocycles. The molecule has 1 atom stereocenters. The lowest BCUT2D eigenvalue weighted by Gasteiger charge is -2.33. The summed E-state index contributed by atoms with van der Waals surface area (Å²) in [6.45, 7) is 2.80. The van der Waals surface area contributed by atoms with Crippen molar-refractivity contribution in [2.45, 2.75) is 12.3 Å². The number of thioether (sulfide) groups is 1. The predicted octanol–water partition coefficient (Wildman–Crippen LogP) is 1.66. The first-order valence-corrected chi connectivity index (χ1v) is 9.91. The van der Waals surface area contributed by atoms with Crippen LogP contribution in [0.25, 0.3) is 0 Å². The highest BCUT2D eigenvalue weighted by molar-refractivity contribution is 8.00. The summed E-state index contributed by atoms with van der Waals surface area (Å²) in [6.07, 6.45) is 1.25. The first kappa shape index (κ1) is 15.0. The van der Waals surface area contributed by atoms with Crippen LogP contribution in [0, 0.1) is 6.92 Å². The average molecular weight is 319 g/mol. The maximum absolute atomic E-state index is 12.2. The van der Waals surface area contributed by atoms with Crippen molar-refractivity contribution < 1.29 is 13.2 Å². The summed E-state index contributed by atoms with van der Waals surface area (Å²) in [5, 5.41) is -0.531. The lowest BCUT2D eigenvalue weighted by Crippen LogP contribution is -2.48. The molecular formula is C12H17NO3S3. The van der Waals surface area contributed by atoms with Gasteiger partial charge in [-0.2, -0.15) is 11.8 Å². The standard InChI is InChI=1S/C12H17NO3S3/c1-9-3-4-11(18-9)10(14)7-13-5-6-17-8-12(13)19(2,15)16/h3-4,12H,5-8H2,1-2H3. The number of ketones is 1. The molecule has 0 bridgehead atoms. The SMILES string of the molecule is Cc1ccc(C(=O)CN2CCSCC2S(C)(=O)=O)s1. The fourth-order valence-corrected chi connectivity index (χ4v) is 5.78. The van der Waals surface area contributed by atoms with Crippen molar-refractivity contribution >= 4 is 38.7 Å². The molecule has 0 aromatic carbocycles. The Bertz CT molecular complexity index is 565. The number of rotatable bonds is 4. The van der Waals surface area contributed by atoms with E-state index in [-0.39, 0.29) is 12.3 Å². The Morgan fingerprint density at radius 1 is 1.47 bits per heavy atom. The first-order chi connectivity index (χ1) is 8.88. The monoisotopic (exact) mass is 319 g/mol. The molecule has 4 nitrogen and oxygen atoms in total. The number of aryl methyl sites for hydroxylation is 1. The van der Waals surface area contributed by atoms with Crippen molar-refractivity contribution in [3.8, 4) is 0 Å². The van der Waals surface area contributed by atoms with E-state index < -0.39 is 15.2 Å². The smallest absolute Gasteiger partial charge is 0.186 e. The van der Waals surface area contributed by atoms with Crippen molar-refractivity contribution in [2.24, 2.45) is 0 Å². The van der Waals surface area contributed by atoms with Crippen molar-refractivity contribution in [3.05, 3.63) is 21.9 Å². The zero-order chi connectivity index (χ0) is 14.0. The summed E-state index contributed by atoms with van der Waals surface area (Å²) in [7, 11) is -3.14. The topological polar surface area (TPSA) is 54.5 Å². The summed E-state index contributed by atoms with van der Waals surface area (Å²) < 4.78 is 23.5. The van der Waals surface area contributed by atoms with E-state index in [0.29, 0.717) is 17.2 Å². The minimum absolute atomic E-state index is 0.0126. The third-order valence-corrected chi connectivity index (χ3v) is 6.78. The van der Waals surface area contributed by atoms with Gasteiger partial charge in [0.05, 0.1) is 11.4 Å². The molecule has 0 saturated carbocycles. The molecular weight excluding hydrogens is 302 g/mol. The Hall–Kier alpha value is -0.370. The quantitative estimate of drug-likeness (QED) is 0.790. The molecule has 2 rings (SSSR count). The number of hydrogen-bond acceptors (Lipinski definition) is 6. The van der Waals surface area contributed by atoms with E-state index in [1.165, 1.54) is 17.6 Å². The Morgan fingerprint density at radius 3 is 2.79 bits per heavy atom. The van der Waals surface area contributed by atoms with Gasteiger partial charge in [-0.25, -0.2) is 8.42 Å². The van der Waals surface area contributed by atoms with Crippen LogP contribution in [-0.4, -0.2) is 55.3 Å². The van der Waals surface area contributed by atoms with Gasteiger partial charge in [-0.05, 0) is 19.1 Å². The molecule has 1 aliphatic heterocycles. The molecule has 0 amide bonds. The van der Waals surface area contributed by atoms with Crippen molar-refractivity contribution in [3.63, 3.8) is 0 Å². The molecule has 1 unspecified atom stereocenters. The lowest BCUT2D eigenvalue weighted by molar-refractivity contribution is 0.0932. The van der Waals surface area contributed by atoms with Crippen LogP contribution in [0.15, 0.2) is 12.1 Å². The number of carbonyl (C=O) groups excluding carboxylic acids is 1. The lowest BCUT2D eigenvalue weighted by atomic mass is 10.3. The highest BCUT2D eigenvalue weighted by Gasteiger charge is 2.32. The van der Waals surface area contributed by atoms with E-state index in [9.17, 15) is 13.2 Å². The summed E-state index contributed by atoms with van der Waals surface area (Å²) in [5.74, 6) is 1.44. The molecule has 1 aromatic heterocycles. The molecule has 1 saturated heterocycles. The van der Waals surface area contributed by atoms with Crippen molar-refractivity contribution in [1.29, 1.82) is 0 Å². The maximum atomic E-state index is 12.2. The molecule has 1 aromatic rings. The summed E-state index contributed by atoms with van der Waals surface area (Å²) in [4.78, 5) is 15.8. The fourth-order valence-electron chi connectivity index (χ4n) is 2.04. The van der Waals surface area contributed by atoms with Crippen LogP contribution < -0.4 is 0 Å². The van der Waals surface area contributed by atoms with Gasteiger partial charge in [-0.15, -0.1) is 11.3 Å². The molecule has 1 aliphatic rings. The van der Waals surface area contributed by atoms with Crippen LogP contribution in [0.3, 0.4) is 0 Å². The zero-order valence-corrected chi connectivity index (χ0v) is 13.4. The van der Waals surface area contributed by atoms with Gasteiger partial charge in [0.15, 0.2) is 15.6 Å². The molecule has 1 fully saturated rings. The minimum atomic E-state index is -3.14. The molecule has 19 heavy (non-hydrogen) atoms. The summed E-state index contributed by atoms with van der Waals surface area (Å²) >= 11 is 3.09. The van der Waals surface area contributed by atoms with E-state index in [1.807, 2.05) is 19.1 Å². The Balaban J connectivity index is 2.10. The Labute approximate surface area is 122 Å². The van der Waals surface area contributed by atoms with Gasteiger partial charge < -0.3 is 0 Å².